The molecule has 0 aromatic carbocycles. The zero-order valence-electron chi connectivity index (χ0n) is 5.59. The average Bonchev–Trinajstić information content (AvgIpc) is 2.30. The van der Waals surface area contributed by atoms with Crippen LogP contribution in [0.2, 0.25) is 0 Å². The molecule has 0 saturated carbocycles. The minimum Gasteiger partial charge on any atom is -0.390 e. The minimum atomic E-state index is -0.708. The molecule has 11 heavy (non-hydrogen) atoms. The molecule has 7 heteroatoms. The highest BCUT2D eigenvalue weighted by molar-refractivity contribution is 5.69. The zero-order chi connectivity index (χ0) is 8.43. The van der Waals surface area contributed by atoms with Gasteiger partial charge >= 0.3 is 5.95 Å². The number of nitro groups is 1. The largest absolute Gasteiger partial charge is 0.458 e. The maximum Gasteiger partial charge on any atom is 0.458 e. The Morgan fingerprint density at radius 1 is 1.64 bits per heavy atom. The van der Waals surface area contributed by atoms with E-state index in [0.29, 0.717) is 6.29 Å². The summed E-state index contributed by atoms with van der Waals surface area (Å²) in [4.78, 5) is 19.5. The van der Waals surface area contributed by atoms with Gasteiger partial charge in [-0.15, -0.1) is 0 Å². The van der Waals surface area contributed by atoms with Crippen LogP contribution in [0, 0.1) is 10.1 Å². The van der Waals surface area contributed by atoms with Crippen LogP contribution in [0.25, 0.3) is 0 Å². The second kappa shape index (κ2) is 2.45. The van der Waals surface area contributed by atoms with Crippen LogP contribution in [0.1, 0.15) is 10.6 Å². The lowest BCUT2D eigenvalue weighted by molar-refractivity contribution is -0.396. The van der Waals surface area contributed by atoms with Gasteiger partial charge in [0.2, 0.25) is 6.29 Å². The lowest BCUT2D eigenvalue weighted by atomic mass is 10.7. The quantitative estimate of drug-likeness (QED) is 0.328. The number of aromatic nitrogens is 3. The summed E-state index contributed by atoms with van der Waals surface area (Å²) < 4.78 is 1.01. The Bertz CT molecular complexity index is 304. The molecule has 58 valence electrons. The molecule has 0 amide bonds. The van der Waals surface area contributed by atoms with Crippen molar-refractivity contribution in [2.75, 3.05) is 0 Å². The lowest BCUT2D eigenvalue weighted by Gasteiger charge is -1.90. The van der Waals surface area contributed by atoms with Crippen LogP contribution in [-0.4, -0.2) is 26.0 Å². The van der Waals surface area contributed by atoms with Crippen LogP contribution in [-0.2, 0) is 7.05 Å². The third kappa shape index (κ3) is 1.07. The Kier molecular flexibility index (Phi) is 1.63. The molecular weight excluding hydrogens is 152 g/mol. The van der Waals surface area contributed by atoms with Gasteiger partial charge in [0.1, 0.15) is 0 Å². The fourth-order valence-electron chi connectivity index (χ4n) is 0.594. The van der Waals surface area contributed by atoms with Gasteiger partial charge < -0.3 is 10.1 Å². The molecule has 0 unspecified atom stereocenters. The molecule has 0 saturated heterocycles. The molecule has 1 heterocycles. The van der Waals surface area contributed by atoms with Crippen molar-refractivity contribution in [2.45, 2.75) is 0 Å². The molecule has 0 N–H and O–H groups in total. The number of aldehydes is 1. The summed E-state index contributed by atoms with van der Waals surface area (Å²) in [5.41, 5.74) is 0. The van der Waals surface area contributed by atoms with Gasteiger partial charge in [0.15, 0.2) is 0 Å². The van der Waals surface area contributed by atoms with Gasteiger partial charge in [0.05, 0.1) is 12.1 Å². The van der Waals surface area contributed by atoms with E-state index < -0.39 is 10.9 Å². The van der Waals surface area contributed by atoms with E-state index >= 15 is 0 Å². The summed E-state index contributed by atoms with van der Waals surface area (Å²) in [7, 11) is 1.35. The van der Waals surface area contributed by atoms with Crippen molar-refractivity contribution in [3.8, 4) is 0 Å². The highest BCUT2D eigenvalue weighted by Crippen LogP contribution is 2.04. The van der Waals surface area contributed by atoms with Gasteiger partial charge in [0, 0.05) is 0 Å². The van der Waals surface area contributed by atoms with E-state index in [1.807, 2.05) is 0 Å². The van der Waals surface area contributed by atoms with E-state index in [9.17, 15) is 14.9 Å². The van der Waals surface area contributed by atoms with Gasteiger partial charge in [-0.2, -0.15) is 0 Å². The molecule has 0 radical (unpaired) electrons. The molecular formula is C4H4N4O3. The normalized spacial score (nSPS) is 9.55. The first-order valence-electron chi connectivity index (χ1n) is 2.65. The first-order chi connectivity index (χ1) is 5.16. The summed E-state index contributed by atoms with van der Waals surface area (Å²) in [5, 5.41) is 16.5. The van der Waals surface area contributed by atoms with Crippen molar-refractivity contribution < 1.29 is 9.72 Å². The van der Waals surface area contributed by atoms with Gasteiger partial charge in [-0.1, -0.05) is 0 Å². The van der Waals surface area contributed by atoms with E-state index in [1.165, 1.54) is 7.05 Å². The van der Waals surface area contributed by atoms with Crippen LogP contribution in [0.5, 0.6) is 0 Å². The fraction of sp³-hybridized carbons (Fsp3) is 0.250. The second-order valence-corrected chi connectivity index (χ2v) is 1.79. The monoisotopic (exact) mass is 156 g/mol. The van der Waals surface area contributed by atoms with Crippen LogP contribution in [0.3, 0.4) is 0 Å². The first-order valence-corrected chi connectivity index (χ1v) is 2.65. The Balaban J connectivity index is 3.20. The molecule has 0 spiro atoms. The molecule has 0 aliphatic rings. The number of carbonyl (C=O) groups is 1. The Morgan fingerprint density at radius 2 is 2.27 bits per heavy atom. The van der Waals surface area contributed by atoms with Crippen LogP contribution in [0.15, 0.2) is 0 Å². The van der Waals surface area contributed by atoms with Crippen molar-refractivity contribution in [1.82, 2.24) is 14.8 Å². The van der Waals surface area contributed by atoms with E-state index in [4.69, 9.17) is 0 Å². The minimum absolute atomic E-state index is 0.0586. The van der Waals surface area contributed by atoms with E-state index in [0.717, 1.165) is 4.57 Å². The SMILES string of the molecule is Cn1c(C=O)nnc1[N+](=O)[O-]. The summed E-state index contributed by atoms with van der Waals surface area (Å²) in [5.74, 6) is -0.496. The Labute approximate surface area is 60.8 Å². The van der Waals surface area contributed by atoms with Crippen LogP contribution >= 0.6 is 0 Å². The first kappa shape index (κ1) is 7.32. The molecule has 0 bridgehead atoms. The number of carbonyl (C=O) groups excluding carboxylic acids is 1. The molecule has 0 fully saturated rings. The summed E-state index contributed by atoms with van der Waals surface area (Å²) >= 11 is 0. The topological polar surface area (TPSA) is 90.9 Å². The summed E-state index contributed by atoms with van der Waals surface area (Å²) in [6, 6.07) is 0. The van der Waals surface area contributed by atoms with E-state index in [-0.39, 0.29) is 5.82 Å². The molecule has 1 rings (SSSR count). The van der Waals surface area contributed by atoms with Crippen LogP contribution in [0.4, 0.5) is 5.95 Å². The highest BCUT2D eigenvalue weighted by Gasteiger charge is 2.17. The average molecular weight is 156 g/mol. The second-order valence-electron chi connectivity index (χ2n) is 1.79. The predicted molar refractivity (Wildman–Crippen MR) is 33.0 cm³/mol. The summed E-state index contributed by atoms with van der Waals surface area (Å²) in [6.07, 6.45) is 0.403. The third-order valence-corrected chi connectivity index (χ3v) is 1.15. The fourth-order valence-corrected chi connectivity index (χ4v) is 0.594. The van der Waals surface area contributed by atoms with Crippen LogP contribution < -0.4 is 0 Å². The number of rotatable bonds is 2. The van der Waals surface area contributed by atoms with Gasteiger partial charge in [-0.05, 0) is 10.0 Å². The molecule has 0 aliphatic heterocycles. The van der Waals surface area contributed by atoms with Gasteiger partial charge in [-0.25, -0.2) is 4.57 Å². The standard InChI is InChI=1S/C4H4N4O3/c1-7-3(2-9)5-6-4(7)8(10)11/h2H,1H3. The molecule has 7 nitrogen and oxygen atoms in total. The molecule has 1 aromatic rings. The number of hydrogen-bond acceptors (Lipinski definition) is 5. The zero-order valence-corrected chi connectivity index (χ0v) is 5.59. The number of hydrogen-bond donors (Lipinski definition) is 0. The number of nitrogens with zero attached hydrogens (tertiary/aromatic N) is 4. The van der Waals surface area contributed by atoms with Gasteiger partial charge in [-0.3, -0.25) is 4.79 Å². The van der Waals surface area contributed by atoms with Crippen molar-refractivity contribution in [1.29, 1.82) is 0 Å². The Morgan fingerprint density at radius 3 is 2.55 bits per heavy atom. The molecule has 1 aromatic heterocycles. The van der Waals surface area contributed by atoms with E-state index in [1.54, 1.807) is 0 Å². The van der Waals surface area contributed by atoms with Crippen molar-refractivity contribution in [2.24, 2.45) is 7.05 Å². The summed E-state index contributed by atoms with van der Waals surface area (Å²) in [6.45, 7) is 0. The highest BCUT2D eigenvalue weighted by atomic mass is 16.6. The van der Waals surface area contributed by atoms with Crippen molar-refractivity contribution in [3.63, 3.8) is 0 Å². The lowest BCUT2D eigenvalue weighted by Crippen LogP contribution is -2.01. The maximum atomic E-state index is 10.1. The third-order valence-electron chi connectivity index (χ3n) is 1.15. The maximum absolute atomic E-state index is 10.1. The predicted octanol–water partition coefficient (Wildman–Crippen LogP) is -0.464. The Hall–Kier alpha value is -1.79. The molecule has 0 aliphatic carbocycles. The smallest absolute Gasteiger partial charge is 0.390 e. The molecule has 0 atom stereocenters. The van der Waals surface area contributed by atoms with Crippen molar-refractivity contribution in [3.05, 3.63) is 15.9 Å². The van der Waals surface area contributed by atoms with E-state index in [2.05, 4.69) is 10.2 Å². The van der Waals surface area contributed by atoms with Crippen molar-refractivity contribution >= 4 is 12.2 Å². The van der Waals surface area contributed by atoms with Gasteiger partial charge in [0.25, 0.3) is 5.82 Å².